The molecule has 9 heteroatoms. The predicted octanol–water partition coefficient (Wildman–Crippen LogP) is 2.19. The van der Waals surface area contributed by atoms with Crippen molar-refractivity contribution in [2.24, 2.45) is 5.92 Å². The quantitative estimate of drug-likeness (QED) is 0.842. The average Bonchev–Trinajstić information content (AvgIpc) is 2.69. The first-order valence-corrected chi connectivity index (χ1v) is 9.99. The summed E-state index contributed by atoms with van der Waals surface area (Å²) in [5.41, 5.74) is 0.561. The third kappa shape index (κ3) is 4.67. The number of sulfonamides is 1. The lowest BCUT2D eigenvalue weighted by Crippen LogP contribution is -2.41. The number of nitrogens with one attached hydrogen (secondary N) is 1. The van der Waals surface area contributed by atoms with Crippen LogP contribution in [-0.2, 0) is 10.0 Å². The number of hydrogen-bond acceptors (Lipinski definition) is 4. The summed E-state index contributed by atoms with van der Waals surface area (Å²) in [5, 5.41) is 0. The summed E-state index contributed by atoms with van der Waals surface area (Å²) >= 11 is 0. The Morgan fingerprint density at radius 2 is 1.81 bits per heavy atom. The number of carbonyl (C=O) groups is 1. The van der Waals surface area contributed by atoms with E-state index in [0.29, 0.717) is 37.6 Å². The van der Waals surface area contributed by atoms with Crippen LogP contribution in [0.2, 0.25) is 0 Å². The molecule has 0 radical (unpaired) electrons. The molecular weight excluding hydrogens is 376 g/mol. The number of amides is 1. The first-order chi connectivity index (χ1) is 12.9. The number of likely N-dealkylation sites (tertiary alicyclic amines) is 1. The van der Waals surface area contributed by atoms with Crippen molar-refractivity contribution >= 4 is 15.9 Å². The fourth-order valence-corrected chi connectivity index (χ4v) is 4.21. The molecule has 0 atom stereocenters. The van der Waals surface area contributed by atoms with Crippen LogP contribution in [0.25, 0.3) is 0 Å². The number of nitrogens with zero attached hydrogens (tertiary/aromatic N) is 2. The lowest BCUT2D eigenvalue weighted by molar-refractivity contribution is 0.0692. The van der Waals surface area contributed by atoms with Crippen molar-refractivity contribution in [1.29, 1.82) is 0 Å². The van der Waals surface area contributed by atoms with Crippen LogP contribution >= 0.6 is 0 Å². The van der Waals surface area contributed by atoms with Gasteiger partial charge in [-0.25, -0.2) is 21.9 Å². The van der Waals surface area contributed by atoms with E-state index in [-0.39, 0.29) is 18.4 Å². The molecule has 3 rings (SSSR count). The lowest BCUT2D eigenvalue weighted by atomic mass is 9.97. The minimum absolute atomic E-state index is 0.0119. The van der Waals surface area contributed by atoms with E-state index in [2.05, 4.69) is 9.71 Å². The maximum atomic E-state index is 13.7. The van der Waals surface area contributed by atoms with Crippen LogP contribution in [0.4, 0.5) is 8.78 Å². The second-order valence-corrected chi connectivity index (χ2v) is 8.13. The molecule has 27 heavy (non-hydrogen) atoms. The average molecular weight is 395 g/mol. The van der Waals surface area contributed by atoms with Gasteiger partial charge in [0.15, 0.2) is 0 Å². The Balaban J connectivity index is 1.55. The van der Waals surface area contributed by atoms with E-state index in [1.807, 2.05) is 0 Å². The van der Waals surface area contributed by atoms with Gasteiger partial charge in [-0.15, -0.1) is 0 Å². The van der Waals surface area contributed by atoms with E-state index in [0.717, 1.165) is 12.1 Å². The molecule has 144 valence electrons. The molecule has 1 aromatic heterocycles. The number of benzene rings is 1. The van der Waals surface area contributed by atoms with Crippen molar-refractivity contribution in [1.82, 2.24) is 14.6 Å². The second-order valence-electron chi connectivity index (χ2n) is 6.40. The second kappa shape index (κ2) is 8.10. The van der Waals surface area contributed by atoms with E-state index in [1.165, 1.54) is 0 Å². The highest BCUT2D eigenvalue weighted by Crippen LogP contribution is 2.20. The normalized spacial score (nSPS) is 15.7. The maximum Gasteiger partial charge on any atom is 0.253 e. The van der Waals surface area contributed by atoms with Gasteiger partial charge in [-0.05, 0) is 49.1 Å². The number of halogens is 2. The highest BCUT2D eigenvalue weighted by atomic mass is 32.2. The van der Waals surface area contributed by atoms with E-state index >= 15 is 0 Å². The van der Waals surface area contributed by atoms with Crippen molar-refractivity contribution in [2.45, 2.75) is 17.7 Å². The van der Waals surface area contributed by atoms with Gasteiger partial charge in [-0.1, -0.05) is 0 Å². The predicted molar refractivity (Wildman–Crippen MR) is 94.4 cm³/mol. The van der Waals surface area contributed by atoms with Crippen LogP contribution in [0.3, 0.4) is 0 Å². The highest BCUT2D eigenvalue weighted by molar-refractivity contribution is 7.89. The number of hydrogen-bond donors (Lipinski definition) is 1. The van der Waals surface area contributed by atoms with Gasteiger partial charge < -0.3 is 4.90 Å². The third-order valence-corrected chi connectivity index (χ3v) is 6.01. The van der Waals surface area contributed by atoms with Gasteiger partial charge in [0, 0.05) is 37.6 Å². The first kappa shape index (κ1) is 19.4. The first-order valence-electron chi connectivity index (χ1n) is 8.51. The number of piperidine rings is 1. The zero-order valence-electron chi connectivity index (χ0n) is 14.4. The molecule has 0 unspecified atom stereocenters. The van der Waals surface area contributed by atoms with Gasteiger partial charge in [0.1, 0.15) is 16.5 Å². The zero-order chi connectivity index (χ0) is 19.4. The van der Waals surface area contributed by atoms with Crippen LogP contribution in [0.1, 0.15) is 23.2 Å². The smallest absolute Gasteiger partial charge is 0.253 e. The highest BCUT2D eigenvalue weighted by Gasteiger charge is 2.26. The van der Waals surface area contributed by atoms with Crippen molar-refractivity contribution in [2.75, 3.05) is 19.6 Å². The van der Waals surface area contributed by atoms with Crippen molar-refractivity contribution in [3.63, 3.8) is 0 Å². The third-order valence-electron chi connectivity index (χ3n) is 4.57. The molecule has 0 spiro atoms. The molecule has 0 saturated carbocycles. The molecule has 0 aliphatic carbocycles. The van der Waals surface area contributed by atoms with Crippen molar-refractivity contribution in [3.05, 3.63) is 59.9 Å². The summed E-state index contributed by atoms with van der Waals surface area (Å²) in [6.45, 7) is 1.11. The fourth-order valence-electron chi connectivity index (χ4n) is 3.01. The molecule has 1 fully saturated rings. The molecule has 2 aromatic rings. The van der Waals surface area contributed by atoms with Crippen LogP contribution < -0.4 is 4.72 Å². The van der Waals surface area contributed by atoms with Crippen LogP contribution in [0, 0.1) is 17.6 Å². The molecule has 1 aliphatic heterocycles. The molecule has 1 amide bonds. The van der Waals surface area contributed by atoms with Gasteiger partial charge in [-0.3, -0.25) is 9.78 Å². The molecule has 1 saturated heterocycles. The van der Waals surface area contributed by atoms with Gasteiger partial charge >= 0.3 is 0 Å². The number of pyridine rings is 1. The SMILES string of the molecule is O=C(c1ccncc1)N1CCC(CNS(=O)(=O)c2cc(F)ccc2F)CC1. The molecule has 0 bridgehead atoms. The monoisotopic (exact) mass is 395 g/mol. The number of rotatable bonds is 5. The zero-order valence-corrected chi connectivity index (χ0v) is 15.3. The van der Waals surface area contributed by atoms with Gasteiger partial charge in [-0.2, -0.15) is 0 Å². The van der Waals surface area contributed by atoms with E-state index in [9.17, 15) is 22.0 Å². The van der Waals surface area contributed by atoms with Gasteiger partial charge in [0.05, 0.1) is 0 Å². The summed E-state index contributed by atoms with van der Waals surface area (Å²) in [5.74, 6) is -1.89. The molecule has 1 aliphatic rings. The summed E-state index contributed by atoms with van der Waals surface area (Å²) in [6, 6.07) is 5.61. The van der Waals surface area contributed by atoms with Gasteiger partial charge in [0.2, 0.25) is 10.0 Å². The topological polar surface area (TPSA) is 79.4 Å². The summed E-state index contributed by atoms with van der Waals surface area (Å²) in [6.07, 6.45) is 4.34. The Hall–Kier alpha value is -2.39. The van der Waals surface area contributed by atoms with E-state index in [1.54, 1.807) is 29.4 Å². The molecule has 6 nitrogen and oxygen atoms in total. The van der Waals surface area contributed by atoms with E-state index < -0.39 is 26.6 Å². The Kier molecular flexibility index (Phi) is 5.81. The van der Waals surface area contributed by atoms with Crippen LogP contribution in [-0.4, -0.2) is 43.8 Å². The Bertz CT molecular complexity index is 915. The Labute approximate surface area is 156 Å². The lowest BCUT2D eigenvalue weighted by Gasteiger charge is -2.32. The number of aromatic nitrogens is 1. The number of carbonyl (C=O) groups excluding carboxylic acids is 1. The summed E-state index contributed by atoms with van der Waals surface area (Å²) < 4.78 is 53.7. The largest absolute Gasteiger partial charge is 0.339 e. The van der Waals surface area contributed by atoms with Crippen molar-refractivity contribution in [3.8, 4) is 0 Å². The van der Waals surface area contributed by atoms with Crippen LogP contribution in [0.15, 0.2) is 47.6 Å². The van der Waals surface area contributed by atoms with Crippen LogP contribution in [0.5, 0.6) is 0 Å². The van der Waals surface area contributed by atoms with Crippen molar-refractivity contribution < 1.29 is 22.0 Å². The molecule has 2 heterocycles. The molecule has 1 aromatic carbocycles. The summed E-state index contributed by atoms with van der Waals surface area (Å²) in [7, 11) is -4.14. The molecule has 1 N–H and O–H groups in total. The summed E-state index contributed by atoms with van der Waals surface area (Å²) in [4.78, 5) is 17.3. The molecular formula is C18H19F2N3O3S. The standard InChI is InChI=1S/C18H19F2N3O3S/c19-15-1-2-16(20)17(11-15)27(25,26)22-12-13-5-9-23(10-6-13)18(24)14-3-7-21-8-4-14/h1-4,7-8,11,13,22H,5-6,9-10,12H2. The Morgan fingerprint density at radius 1 is 1.15 bits per heavy atom. The minimum atomic E-state index is -4.14. The van der Waals surface area contributed by atoms with Gasteiger partial charge in [0.25, 0.3) is 5.91 Å². The fraction of sp³-hybridized carbons (Fsp3) is 0.333. The van der Waals surface area contributed by atoms with E-state index in [4.69, 9.17) is 0 Å². The minimum Gasteiger partial charge on any atom is -0.339 e. The maximum absolute atomic E-state index is 13.7. The Morgan fingerprint density at radius 3 is 2.48 bits per heavy atom.